The first-order valence-electron chi connectivity index (χ1n) is 6.89. The molecule has 1 aliphatic rings. The molecule has 3 atom stereocenters. The molecule has 20 heavy (non-hydrogen) atoms. The molecule has 0 saturated heterocycles. The maximum Gasteiger partial charge on any atom is 0.320 e. The summed E-state index contributed by atoms with van der Waals surface area (Å²) in [6.45, 7) is 4.29. The van der Waals surface area contributed by atoms with E-state index in [1.165, 1.54) is 10.9 Å². The summed E-state index contributed by atoms with van der Waals surface area (Å²) in [7, 11) is 1.56. The highest BCUT2D eigenvalue weighted by Crippen LogP contribution is 2.30. The van der Waals surface area contributed by atoms with Crippen molar-refractivity contribution in [1.82, 2.24) is 15.1 Å². The van der Waals surface area contributed by atoms with Gasteiger partial charge in [-0.15, -0.1) is 0 Å². The monoisotopic (exact) mass is 280 g/mol. The minimum Gasteiger partial charge on any atom is -0.347 e. The Hall–Kier alpha value is -1.92. The molecular formula is C13H20N4O3. The zero-order valence-electron chi connectivity index (χ0n) is 12.0. The van der Waals surface area contributed by atoms with E-state index in [1.54, 1.807) is 7.05 Å². The fourth-order valence-corrected chi connectivity index (χ4v) is 2.79. The molecule has 0 spiro atoms. The number of amides is 1. The summed E-state index contributed by atoms with van der Waals surface area (Å²) >= 11 is 0. The van der Waals surface area contributed by atoms with Crippen LogP contribution >= 0.6 is 0 Å². The molecule has 1 aromatic rings. The number of nitrogens with zero attached hydrogens (tertiary/aromatic N) is 3. The number of hydrogen-bond donors (Lipinski definition) is 1. The van der Waals surface area contributed by atoms with Crippen LogP contribution in [0.1, 0.15) is 43.6 Å². The lowest BCUT2D eigenvalue weighted by atomic mass is 9.78. The molecule has 7 heteroatoms. The maximum atomic E-state index is 12.2. The van der Waals surface area contributed by atoms with E-state index in [4.69, 9.17) is 0 Å². The molecule has 1 saturated carbocycles. The summed E-state index contributed by atoms with van der Waals surface area (Å²) in [5.74, 6) is 0.464. The normalized spacial score (nSPS) is 26.2. The van der Waals surface area contributed by atoms with Crippen LogP contribution in [0.5, 0.6) is 0 Å². The molecule has 2 rings (SSSR count). The first kappa shape index (κ1) is 14.5. The lowest BCUT2D eigenvalue weighted by molar-refractivity contribution is -0.385. The van der Waals surface area contributed by atoms with Crippen molar-refractivity contribution in [1.29, 1.82) is 0 Å². The number of rotatable bonds is 3. The van der Waals surface area contributed by atoms with Crippen molar-refractivity contribution in [2.24, 2.45) is 18.9 Å². The molecule has 0 radical (unpaired) electrons. The van der Waals surface area contributed by atoms with Gasteiger partial charge in [-0.05, 0) is 18.3 Å². The SMILES string of the molecule is C[C@@H]1[C@@H](C)CCC[C@H]1NC(=O)c1nn(C)cc1[N+](=O)[O-]. The molecule has 1 amide bonds. The first-order chi connectivity index (χ1) is 9.40. The van der Waals surface area contributed by atoms with E-state index >= 15 is 0 Å². The Morgan fingerprint density at radius 1 is 1.50 bits per heavy atom. The fourth-order valence-electron chi connectivity index (χ4n) is 2.79. The van der Waals surface area contributed by atoms with E-state index in [2.05, 4.69) is 24.3 Å². The number of nitrogens with one attached hydrogen (secondary N) is 1. The van der Waals surface area contributed by atoms with Crippen LogP contribution in [0.15, 0.2) is 6.20 Å². The minimum absolute atomic E-state index is 0.0628. The summed E-state index contributed by atoms with van der Waals surface area (Å²) in [6, 6.07) is 0.0628. The fraction of sp³-hybridized carbons (Fsp3) is 0.692. The van der Waals surface area contributed by atoms with Gasteiger partial charge >= 0.3 is 5.69 Å². The number of carbonyl (C=O) groups is 1. The van der Waals surface area contributed by atoms with Crippen molar-refractivity contribution < 1.29 is 9.72 Å². The largest absolute Gasteiger partial charge is 0.347 e. The van der Waals surface area contributed by atoms with Crippen molar-refractivity contribution in [3.05, 3.63) is 22.0 Å². The molecule has 1 aliphatic carbocycles. The van der Waals surface area contributed by atoms with Crippen LogP contribution in [0.4, 0.5) is 5.69 Å². The van der Waals surface area contributed by atoms with Gasteiger partial charge in [0.1, 0.15) is 6.20 Å². The Balaban J connectivity index is 2.14. The average molecular weight is 280 g/mol. The number of aromatic nitrogens is 2. The van der Waals surface area contributed by atoms with Crippen LogP contribution in [0.25, 0.3) is 0 Å². The van der Waals surface area contributed by atoms with Gasteiger partial charge in [-0.1, -0.05) is 26.7 Å². The van der Waals surface area contributed by atoms with Gasteiger partial charge in [0, 0.05) is 13.1 Å². The third kappa shape index (κ3) is 2.81. The molecule has 1 aromatic heterocycles. The van der Waals surface area contributed by atoms with E-state index in [1.807, 2.05) is 0 Å². The summed E-state index contributed by atoms with van der Waals surface area (Å²) in [4.78, 5) is 22.6. The van der Waals surface area contributed by atoms with Gasteiger partial charge in [0.15, 0.2) is 0 Å². The van der Waals surface area contributed by atoms with Gasteiger partial charge in [0.25, 0.3) is 5.91 Å². The van der Waals surface area contributed by atoms with Gasteiger partial charge in [-0.3, -0.25) is 19.6 Å². The van der Waals surface area contributed by atoms with Gasteiger partial charge in [0.2, 0.25) is 5.69 Å². The van der Waals surface area contributed by atoms with Crippen molar-refractivity contribution in [3.8, 4) is 0 Å². The number of hydrogen-bond acceptors (Lipinski definition) is 4. The predicted molar refractivity (Wildman–Crippen MR) is 73.3 cm³/mol. The molecule has 1 N–H and O–H groups in total. The molecule has 1 fully saturated rings. The van der Waals surface area contributed by atoms with E-state index in [9.17, 15) is 14.9 Å². The van der Waals surface area contributed by atoms with E-state index in [0.29, 0.717) is 11.8 Å². The van der Waals surface area contributed by atoms with Gasteiger partial charge in [-0.2, -0.15) is 5.10 Å². The quantitative estimate of drug-likeness (QED) is 0.676. The molecule has 110 valence electrons. The molecule has 7 nitrogen and oxygen atoms in total. The number of nitro groups is 1. The van der Waals surface area contributed by atoms with E-state index in [-0.39, 0.29) is 17.4 Å². The number of aryl methyl sites for hydroxylation is 1. The van der Waals surface area contributed by atoms with Crippen LogP contribution in [-0.2, 0) is 7.05 Å². The maximum absolute atomic E-state index is 12.2. The van der Waals surface area contributed by atoms with Gasteiger partial charge < -0.3 is 5.32 Å². The summed E-state index contributed by atoms with van der Waals surface area (Å²) in [5, 5.41) is 17.7. The average Bonchev–Trinajstić information content (AvgIpc) is 2.77. The zero-order valence-corrected chi connectivity index (χ0v) is 12.0. The van der Waals surface area contributed by atoms with Crippen molar-refractivity contribution in [2.75, 3.05) is 0 Å². The summed E-state index contributed by atoms with van der Waals surface area (Å²) in [6.07, 6.45) is 4.40. The van der Waals surface area contributed by atoms with Crippen LogP contribution in [0.3, 0.4) is 0 Å². The Morgan fingerprint density at radius 2 is 2.20 bits per heavy atom. The van der Waals surface area contributed by atoms with Crippen LogP contribution < -0.4 is 5.32 Å². The molecule has 0 aromatic carbocycles. The van der Waals surface area contributed by atoms with E-state index < -0.39 is 10.8 Å². The first-order valence-corrected chi connectivity index (χ1v) is 6.89. The second kappa shape index (κ2) is 5.60. The van der Waals surface area contributed by atoms with E-state index in [0.717, 1.165) is 19.3 Å². The van der Waals surface area contributed by atoms with Crippen LogP contribution in [-0.4, -0.2) is 26.7 Å². The highest BCUT2D eigenvalue weighted by molar-refractivity contribution is 5.96. The highest BCUT2D eigenvalue weighted by Gasteiger charge is 2.31. The van der Waals surface area contributed by atoms with Gasteiger partial charge in [0.05, 0.1) is 4.92 Å². The van der Waals surface area contributed by atoms with Gasteiger partial charge in [-0.25, -0.2) is 0 Å². The Morgan fingerprint density at radius 3 is 2.85 bits per heavy atom. The third-order valence-corrected chi connectivity index (χ3v) is 4.24. The standard InChI is InChI=1S/C13H20N4O3/c1-8-5-4-6-10(9(8)2)14-13(18)12-11(17(19)20)7-16(3)15-12/h7-10H,4-6H2,1-3H3,(H,14,18)/t8-,9+,10+/m0/s1. The Bertz CT molecular complexity index is 526. The lowest BCUT2D eigenvalue weighted by Gasteiger charge is -2.34. The smallest absolute Gasteiger partial charge is 0.320 e. The summed E-state index contributed by atoms with van der Waals surface area (Å²) in [5.41, 5.74) is -0.357. The molecule has 0 bridgehead atoms. The second-order valence-corrected chi connectivity index (χ2v) is 5.64. The predicted octanol–water partition coefficient (Wildman–Crippen LogP) is 1.88. The Kier molecular flexibility index (Phi) is 4.06. The zero-order chi connectivity index (χ0) is 14.9. The molecule has 0 aliphatic heterocycles. The third-order valence-electron chi connectivity index (χ3n) is 4.24. The van der Waals surface area contributed by atoms with Crippen molar-refractivity contribution in [2.45, 2.75) is 39.2 Å². The molecule has 1 heterocycles. The highest BCUT2D eigenvalue weighted by atomic mass is 16.6. The van der Waals surface area contributed by atoms with Crippen molar-refractivity contribution >= 4 is 11.6 Å². The lowest BCUT2D eigenvalue weighted by Crippen LogP contribution is -2.44. The van der Waals surface area contributed by atoms with Crippen LogP contribution in [0, 0.1) is 22.0 Å². The number of carbonyl (C=O) groups excluding carboxylic acids is 1. The second-order valence-electron chi connectivity index (χ2n) is 5.64. The van der Waals surface area contributed by atoms with Crippen LogP contribution in [0.2, 0.25) is 0 Å². The van der Waals surface area contributed by atoms with Crippen molar-refractivity contribution in [3.63, 3.8) is 0 Å². The molecular weight excluding hydrogens is 260 g/mol. The minimum atomic E-state index is -0.575. The Labute approximate surface area is 117 Å². The summed E-state index contributed by atoms with van der Waals surface area (Å²) < 4.78 is 1.29. The topological polar surface area (TPSA) is 90.1 Å². The molecule has 0 unspecified atom stereocenters.